The molecule has 26 nitrogen and oxygen atoms in total. The summed E-state index contributed by atoms with van der Waals surface area (Å²) in [5, 5.41) is 31.8. The van der Waals surface area contributed by atoms with E-state index in [1.54, 1.807) is 0 Å². The quantitative estimate of drug-likeness (QED) is 0.0671. The number of imidazole rings is 2. The average Bonchev–Trinajstić information content (AvgIpc) is 3.77. The number of rotatable bonds is 12. The summed E-state index contributed by atoms with van der Waals surface area (Å²) in [6.45, 7) is -2.02. The van der Waals surface area contributed by atoms with Crippen LogP contribution in [0.25, 0.3) is 22.3 Å². The molecule has 0 radical (unpaired) electrons. The van der Waals surface area contributed by atoms with Crippen LogP contribution in [0.3, 0.4) is 0 Å². The highest BCUT2D eigenvalue weighted by Crippen LogP contribution is 2.61. The minimum atomic E-state index is -5.52. The Morgan fingerprint density at radius 1 is 0.694 bits per heavy atom. The van der Waals surface area contributed by atoms with Crippen molar-refractivity contribution in [3.8, 4) is 0 Å². The Kier molecular flexibility index (Phi) is 9.62. The summed E-state index contributed by atoms with van der Waals surface area (Å²) in [5.41, 5.74) is 11.9. The number of aliphatic hydroxyl groups excluding tert-OH is 3. The van der Waals surface area contributed by atoms with E-state index in [2.05, 4.69) is 34.2 Å². The Morgan fingerprint density at radius 3 is 1.67 bits per heavy atom. The van der Waals surface area contributed by atoms with Crippen LogP contribution in [-0.4, -0.2) is 124 Å². The summed E-state index contributed by atoms with van der Waals surface area (Å²) in [7, 11) is -16.3. The standard InChI is InChI=1S/C20H27N10O16P3/c21-15-9-17(25-3-23-15)29(5-27-9)19-13(33)11(31)7(43-19)1-41-48(37,38)46-49(39,40)42-2-8-12(32)14(45-47(34,35)36)20(44-8)30-6-28-10-16(22)24-4-26-18(10)30/h3-8,11-14,19-20,31-33H,1-2H2,(H,37,38)(H,39,40)(H2,21,23,25)(H2,22,24,26)(H2,34,35,36)/t7-,8-,11-,12-,13-,14-,19-,20-/m1/s1. The zero-order valence-electron chi connectivity index (χ0n) is 24.2. The van der Waals surface area contributed by atoms with Crippen LogP contribution in [0.5, 0.6) is 0 Å². The van der Waals surface area contributed by atoms with E-state index >= 15 is 0 Å². The van der Waals surface area contributed by atoms with E-state index in [4.69, 9.17) is 34.5 Å². The molecule has 0 amide bonds. The lowest BCUT2D eigenvalue weighted by atomic mass is 10.1. The van der Waals surface area contributed by atoms with Gasteiger partial charge in [-0.1, -0.05) is 0 Å². The molecule has 4 aromatic rings. The second-order valence-electron chi connectivity index (χ2n) is 10.4. The third-order valence-electron chi connectivity index (χ3n) is 7.24. The molecule has 6 heterocycles. The lowest BCUT2D eigenvalue weighted by Crippen LogP contribution is -2.35. The Bertz CT molecular complexity index is 1990. The number of nitrogens with two attached hydrogens (primary N) is 2. The van der Waals surface area contributed by atoms with Crippen LogP contribution in [0.15, 0.2) is 25.3 Å². The van der Waals surface area contributed by atoms with Crippen molar-refractivity contribution in [3.05, 3.63) is 25.3 Å². The zero-order chi connectivity index (χ0) is 35.5. The lowest BCUT2D eigenvalue weighted by molar-refractivity contribution is -0.0528. The van der Waals surface area contributed by atoms with Gasteiger partial charge in [-0.05, 0) is 0 Å². The molecule has 2 unspecified atom stereocenters. The SMILES string of the molecule is Nc1ncnc2c1ncn2[C@@H]1O[C@H](COP(=O)(O)OP(=O)(O)OC[C@H]2O[C@@H](n3cnc4c(N)ncnc43)[C@H](OP(=O)(O)O)[C@@H]2O)[C@@H](O)[C@H]1O. The summed E-state index contributed by atoms with van der Waals surface area (Å²) >= 11 is 0. The molecule has 0 saturated carbocycles. The van der Waals surface area contributed by atoms with Crippen molar-refractivity contribution in [1.82, 2.24) is 39.0 Å². The zero-order valence-corrected chi connectivity index (χ0v) is 26.9. The predicted molar refractivity (Wildman–Crippen MR) is 155 cm³/mol. The highest BCUT2D eigenvalue weighted by molar-refractivity contribution is 7.61. The van der Waals surface area contributed by atoms with Gasteiger partial charge in [-0.25, -0.2) is 43.6 Å². The van der Waals surface area contributed by atoms with Crippen LogP contribution >= 0.6 is 23.5 Å². The molecule has 6 rings (SSSR count). The molecule has 29 heteroatoms. The van der Waals surface area contributed by atoms with Crippen LogP contribution in [0, 0.1) is 0 Å². The van der Waals surface area contributed by atoms with Gasteiger partial charge in [0.2, 0.25) is 0 Å². The maximum atomic E-state index is 12.6. The number of phosphoric ester groups is 3. The van der Waals surface area contributed by atoms with E-state index in [0.29, 0.717) is 0 Å². The Hall–Kier alpha value is -3.13. The average molecular weight is 756 g/mol. The number of anilines is 2. The molecule has 49 heavy (non-hydrogen) atoms. The van der Waals surface area contributed by atoms with Gasteiger partial charge in [0, 0.05) is 0 Å². The van der Waals surface area contributed by atoms with Crippen LogP contribution in [0.4, 0.5) is 11.6 Å². The van der Waals surface area contributed by atoms with Crippen molar-refractivity contribution in [2.24, 2.45) is 0 Å². The molecule has 0 aliphatic carbocycles. The molecule has 2 saturated heterocycles. The smallest absolute Gasteiger partial charge is 0.387 e. The fraction of sp³-hybridized carbons (Fsp3) is 0.500. The number of hydrogen-bond acceptors (Lipinski definition) is 20. The van der Waals surface area contributed by atoms with E-state index < -0.39 is 85.8 Å². The van der Waals surface area contributed by atoms with Crippen molar-refractivity contribution in [2.75, 3.05) is 24.7 Å². The van der Waals surface area contributed by atoms with Crippen LogP contribution in [0.2, 0.25) is 0 Å². The number of hydrogen-bond donors (Lipinski definition) is 9. The van der Waals surface area contributed by atoms with Gasteiger partial charge < -0.3 is 55.8 Å². The Balaban J connectivity index is 1.08. The monoisotopic (exact) mass is 756 g/mol. The Morgan fingerprint density at radius 2 is 1.16 bits per heavy atom. The van der Waals surface area contributed by atoms with Crippen LogP contribution < -0.4 is 11.5 Å². The van der Waals surface area contributed by atoms with Gasteiger partial charge in [-0.2, -0.15) is 4.31 Å². The largest absolute Gasteiger partial charge is 0.481 e. The first-order chi connectivity index (χ1) is 22.9. The maximum Gasteiger partial charge on any atom is 0.481 e. The van der Waals surface area contributed by atoms with Crippen molar-refractivity contribution in [1.29, 1.82) is 0 Å². The number of ether oxygens (including phenoxy) is 2. The van der Waals surface area contributed by atoms with Gasteiger partial charge in [0.15, 0.2) is 35.4 Å². The topological polar surface area (TPSA) is 387 Å². The van der Waals surface area contributed by atoms with Gasteiger partial charge in [-0.3, -0.25) is 22.7 Å². The van der Waals surface area contributed by atoms with Gasteiger partial charge in [0.1, 0.15) is 60.3 Å². The van der Waals surface area contributed by atoms with Gasteiger partial charge in [-0.15, -0.1) is 0 Å². The first-order valence-electron chi connectivity index (χ1n) is 13.6. The Labute approximate surface area is 271 Å². The maximum absolute atomic E-state index is 12.6. The molecule has 11 N–H and O–H groups in total. The van der Waals surface area contributed by atoms with E-state index in [-0.39, 0.29) is 34.0 Å². The molecule has 268 valence electrons. The number of aliphatic hydroxyl groups is 3. The fourth-order valence-corrected chi connectivity index (χ4v) is 7.71. The summed E-state index contributed by atoms with van der Waals surface area (Å²) in [6.07, 6.45) is -8.65. The second-order valence-corrected chi connectivity index (χ2v) is 14.7. The van der Waals surface area contributed by atoms with E-state index in [1.165, 1.54) is 10.9 Å². The third-order valence-corrected chi connectivity index (χ3v) is 10.4. The summed E-state index contributed by atoms with van der Waals surface area (Å²) in [5.74, 6) is -0.0255. The lowest BCUT2D eigenvalue weighted by Gasteiger charge is -2.22. The summed E-state index contributed by atoms with van der Waals surface area (Å²) < 4.78 is 68.7. The van der Waals surface area contributed by atoms with E-state index in [1.807, 2.05) is 0 Å². The summed E-state index contributed by atoms with van der Waals surface area (Å²) in [4.78, 5) is 62.7. The number of phosphoric acid groups is 3. The molecule has 2 aliphatic rings. The van der Waals surface area contributed by atoms with Crippen LogP contribution in [-0.2, 0) is 41.1 Å². The number of nitrogen functional groups attached to an aromatic ring is 2. The molecule has 2 fully saturated rings. The first kappa shape index (κ1) is 35.7. The van der Waals surface area contributed by atoms with Gasteiger partial charge >= 0.3 is 23.5 Å². The molecule has 10 atom stereocenters. The molecular weight excluding hydrogens is 729 g/mol. The number of nitrogens with zero attached hydrogens (tertiary/aromatic N) is 8. The predicted octanol–water partition coefficient (Wildman–Crippen LogP) is -2.56. The minimum absolute atomic E-state index is 0.00681. The van der Waals surface area contributed by atoms with Gasteiger partial charge in [0.05, 0.1) is 25.9 Å². The van der Waals surface area contributed by atoms with Crippen molar-refractivity contribution >= 4 is 57.4 Å². The normalized spacial score (nSPS) is 30.2. The van der Waals surface area contributed by atoms with E-state index in [0.717, 1.165) is 23.5 Å². The summed E-state index contributed by atoms with van der Waals surface area (Å²) in [6, 6.07) is 0. The first-order valence-corrected chi connectivity index (χ1v) is 18.1. The molecule has 0 spiro atoms. The van der Waals surface area contributed by atoms with Crippen LogP contribution in [0.1, 0.15) is 12.5 Å². The third kappa shape index (κ3) is 7.36. The molecule has 4 aromatic heterocycles. The molecule has 0 bridgehead atoms. The van der Waals surface area contributed by atoms with Gasteiger partial charge in [0.25, 0.3) is 0 Å². The van der Waals surface area contributed by atoms with E-state index in [9.17, 15) is 48.6 Å². The fourth-order valence-electron chi connectivity index (χ4n) is 5.07. The highest BCUT2D eigenvalue weighted by Gasteiger charge is 2.51. The van der Waals surface area contributed by atoms with Crippen molar-refractivity contribution < 1.29 is 75.9 Å². The second kappa shape index (κ2) is 13.2. The van der Waals surface area contributed by atoms with Crippen molar-refractivity contribution in [3.63, 3.8) is 0 Å². The minimum Gasteiger partial charge on any atom is -0.387 e. The molecule has 2 aliphatic heterocycles. The number of aromatic nitrogens is 8. The number of fused-ring (bicyclic) bond motifs is 2. The molecular formula is C20H27N10O16P3. The highest BCUT2D eigenvalue weighted by atomic mass is 31.3. The van der Waals surface area contributed by atoms with Crippen molar-refractivity contribution in [2.45, 2.75) is 49.1 Å². The molecule has 0 aromatic carbocycles.